The summed E-state index contributed by atoms with van der Waals surface area (Å²) in [6, 6.07) is 19.7. The maximum atomic E-state index is 12.4. The number of amides is 2. The highest BCUT2D eigenvalue weighted by Gasteiger charge is 2.16. The number of carbonyl (C=O) groups is 2. The van der Waals surface area contributed by atoms with E-state index in [-0.39, 0.29) is 25.0 Å². The highest BCUT2D eigenvalue weighted by atomic mass is 16.5. The van der Waals surface area contributed by atoms with Crippen LogP contribution in [0.15, 0.2) is 60.7 Å². The lowest BCUT2D eigenvalue weighted by molar-refractivity contribution is -0.142. The predicted octanol–water partition coefficient (Wildman–Crippen LogP) is 3.10. The van der Waals surface area contributed by atoms with E-state index in [1.807, 2.05) is 74.5 Å². The van der Waals surface area contributed by atoms with Gasteiger partial charge in [-0.25, -0.2) is 0 Å². The summed E-state index contributed by atoms with van der Waals surface area (Å²) in [5, 5.41) is 0. The second kappa shape index (κ2) is 11.1. The number of ether oxygens (including phenoxy) is 1. The Morgan fingerprint density at radius 1 is 0.704 bits per heavy atom. The van der Waals surface area contributed by atoms with Gasteiger partial charge in [-0.3, -0.25) is 9.59 Å². The van der Waals surface area contributed by atoms with E-state index in [0.29, 0.717) is 26.2 Å². The van der Waals surface area contributed by atoms with Crippen molar-refractivity contribution in [3.05, 3.63) is 71.8 Å². The first-order chi connectivity index (χ1) is 13.1. The molecule has 144 valence electrons. The number of hydrogen-bond acceptors (Lipinski definition) is 3. The SMILES string of the molecule is CCN(Cc1ccccc1)C(=O)COCC(=O)N(CC)Cc1ccccc1. The molecule has 0 aliphatic heterocycles. The molecule has 0 unspecified atom stereocenters. The van der Waals surface area contributed by atoms with Crippen molar-refractivity contribution < 1.29 is 14.3 Å². The van der Waals surface area contributed by atoms with E-state index in [0.717, 1.165) is 11.1 Å². The molecule has 27 heavy (non-hydrogen) atoms. The lowest BCUT2D eigenvalue weighted by Gasteiger charge is -2.23. The minimum Gasteiger partial charge on any atom is -0.362 e. The van der Waals surface area contributed by atoms with Gasteiger partial charge in [-0.05, 0) is 25.0 Å². The number of benzene rings is 2. The van der Waals surface area contributed by atoms with Crippen LogP contribution in [0, 0.1) is 0 Å². The van der Waals surface area contributed by atoms with Crippen LogP contribution in [0.1, 0.15) is 25.0 Å². The molecule has 0 saturated carbocycles. The van der Waals surface area contributed by atoms with Crippen LogP contribution < -0.4 is 0 Å². The summed E-state index contributed by atoms with van der Waals surface area (Å²) in [4.78, 5) is 28.2. The van der Waals surface area contributed by atoms with Gasteiger partial charge in [0.2, 0.25) is 11.8 Å². The van der Waals surface area contributed by atoms with Crippen molar-refractivity contribution in [1.29, 1.82) is 0 Å². The Labute approximate surface area is 161 Å². The highest BCUT2D eigenvalue weighted by molar-refractivity contribution is 5.79. The molecule has 2 aromatic rings. The van der Waals surface area contributed by atoms with Gasteiger partial charge in [-0.1, -0.05) is 60.7 Å². The van der Waals surface area contributed by atoms with Gasteiger partial charge >= 0.3 is 0 Å². The average molecular weight is 368 g/mol. The molecule has 5 heteroatoms. The second-order valence-corrected chi connectivity index (χ2v) is 6.28. The molecule has 2 aromatic carbocycles. The number of likely N-dealkylation sites (N-methyl/N-ethyl adjacent to an activating group) is 2. The molecule has 0 aliphatic rings. The quantitative estimate of drug-likeness (QED) is 0.647. The number of carbonyl (C=O) groups excluding carboxylic acids is 2. The lowest BCUT2D eigenvalue weighted by Crippen LogP contribution is -2.36. The molecular weight excluding hydrogens is 340 g/mol. The Morgan fingerprint density at radius 2 is 1.07 bits per heavy atom. The monoisotopic (exact) mass is 368 g/mol. The third-order valence-electron chi connectivity index (χ3n) is 4.35. The average Bonchev–Trinajstić information content (AvgIpc) is 2.71. The van der Waals surface area contributed by atoms with Gasteiger partial charge < -0.3 is 14.5 Å². The van der Waals surface area contributed by atoms with Crippen LogP contribution in [-0.2, 0) is 27.4 Å². The maximum absolute atomic E-state index is 12.4. The van der Waals surface area contributed by atoms with E-state index in [1.165, 1.54) is 0 Å². The first kappa shape index (κ1) is 20.6. The molecule has 0 radical (unpaired) electrons. The molecule has 0 saturated heterocycles. The molecule has 2 rings (SSSR count). The first-order valence-electron chi connectivity index (χ1n) is 9.35. The zero-order chi connectivity index (χ0) is 19.5. The van der Waals surface area contributed by atoms with Crippen LogP contribution in [0.3, 0.4) is 0 Å². The third-order valence-corrected chi connectivity index (χ3v) is 4.35. The van der Waals surface area contributed by atoms with Crippen molar-refractivity contribution in [1.82, 2.24) is 9.80 Å². The molecule has 0 aromatic heterocycles. The summed E-state index contributed by atoms with van der Waals surface area (Å²) < 4.78 is 5.42. The molecule has 2 amide bonds. The van der Waals surface area contributed by atoms with Crippen molar-refractivity contribution in [3.8, 4) is 0 Å². The van der Waals surface area contributed by atoms with E-state index in [4.69, 9.17) is 4.74 Å². The van der Waals surface area contributed by atoms with Gasteiger partial charge in [0.05, 0.1) is 0 Å². The van der Waals surface area contributed by atoms with E-state index < -0.39 is 0 Å². The Bertz CT molecular complexity index is 643. The van der Waals surface area contributed by atoms with Crippen molar-refractivity contribution in [2.24, 2.45) is 0 Å². The smallest absolute Gasteiger partial charge is 0.248 e. The Kier molecular flexibility index (Phi) is 8.52. The van der Waals surface area contributed by atoms with E-state index >= 15 is 0 Å². The van der Waals surface area contributed by atoms with Crippen LogP contribution in [0.2, 0.25) is 0 Å². The summed E-state index contributed by atoms with van der Waals surface area (Å²) >= 11 is 0. The molecule has 0 N–H and O–H groups in total. The Balaban J connectivity index is 1.79. The van der Waals surface area contributed by atoms with Gasteiger partial charge in [0.25, 0.3) is 0 Å². The second-order valence-electron chi connectivity index (χ2n) is 6.28. The zero-order valence-electron chi connectivity index (χ0n) is 16.1. The largest absolute Gasteiger partial charge is 0.362 e. The molecular formula is C22H28N2O3. The highest BCUT2D eigenvalue weighted by Crippen LogP contribution is 2.06. The van der Waals surface area contributed by atoms with Crippen molar-refractivity contribution in [2.45, 2.75) is 26.9 Å². The van der Waals surface area contributed by atoms with Crippen molar-refractivity contribution in [3.63, 3.8) is 0 Å². The van der Waals surface area contributed by atoms with Crippen LogP contribution in [0.25, 0.3) is 0 Å². The Morgan fingerprint density at radius 3 is 1.41 bits per heavy atom. The Hall–Kier alpha value is -2.66. The lowest BCUT2D eigenvalue weighted by atomic mass is 10.2. The zero-order valence-corrected chi connectivity index (χ0v) is 16.1. The summed E-state index contributed by atoms with van der Waals surface area (Å²) in [6.07, 6.45) is 0. The van der Waals surface area contributed by atoms with E-state index in [1.54, 1.807) is 9.80 Å². The van der Waals surface area contributed by atoms with Crippen LogP contribution >= 0.6 is 0 Å². The van der Waals surface area contributed by atoms with Crippen molar-refractivity contribution in [2.75, 3.05) is 26.3 Å². The molecule has 0 atom stereocenters. The number of nitrogens with zero attached hydrogens (tertiary/aromatic N) is 2. The molecule has 5 nitrogen and oxygen atoms in total. The van der Waals surface area contributed by atoms with Gasteiger partial charge in [-0.15, -0.1) is 0 Å². The van der Waals surface area contributed by atoms with Crippen molar-refractivity contribution >= 4 is 11.8 Å². The normalized spacial score (nSPS) is 10.4. The minimum absolute atomic E-state index is 0.0880. The van der Waals surface area contributed by atoms with Gasteiger partial charge in [0, 0.05) is 26.2 Å². The predicted molar refractivity (Wildman–Crippen MR) is 106 cm³/mol. The van der Waals surface area contributed by atoms with E-state index in [9.17, 15) is 9.59 Å². The summed E-state index contributed by atoms with van der Waals surface area (Å²) in [7, 11) is 0. The minimum atomic E-state index is -0.111. The molecule has 0 aliphatic carbocycles. The fraction of sp³-hybridized carbons (Fsp3) is 0.364. The number of rotatable bonds is 10. The standard InChI is InChI=1S/C22H28N2O3/c1-3-23(15-19-11-7-5-8-12-19)21(25)17-27-18-22(26)24(4-2)16-20-13-9-6-10-14-20/h5-14H,3-4,15-18H2,1-2H3. The summed E-state index contributed by atoms with van der Waals surface area (Å²) in [5.41, 5.74) is 2.15. The molecule has 0 spiro atoms. The van der Waals surface area contributed by atoms with Gasteiger partial charge in [-0.2, -0.15) is 0 Å². The van der Waals surface area contributed by atoms with E-state index in [2.05, 4.69) is 0 Å². The molecule has 0 heterocycles. The first-order valence-corrected chi connectivity index (χ1v) is 9.35. The summed E-state index contributed by atoms with van der Waals surface area (Å²) in [6.45, 7) is 5.98. The number of hydrogen-bond donors (Lipinski definition) is 0. The maximum Gasteiger partial charge on any atom is 0.248 e. The topological polar surface area (TPSA) is 49.9 Å². The molecule has 0 fully saturated rings. The summed E-state index contributed by atoms with van der Waals surface area (Å²) in [5.74, 6) is -0.222. The van der Waals surface area contributed by atoms with Gasteiger partial charge in [0.15, 0.2) is 0 Å². The third kappa shape index (κ3) is 6.87. The molecule has 0 bridgehead atoms. The van der Waals surface area contributed by atoms with Crippen LogP contribution in [-0.4, -0.2) is 47.9 Å². The van der Waals surface area contributed by atoms with Crippen LogP contribution in [0.4, 0.5) is 0 Å². The fourth-order valence-electron chi connectivity index (χ4n) is 2.77. The van der Waals surface area contributed by atoms with Crippen LogP contribution in [0.5, 0.6) is 0 Å². The van der Waals surface area contributed by atoms with Gasteiger partial charge in [0.1, 0.15) is 13.2 Å². The fourth-order valence-corrected chi connectivity index (χ4v) is 2.77.